The fraction of sp³-hybridized carbons (Fsp3) is 0.778. The first-order valence-corrected chi connectivity index (χ1v) is 9.53. The lowest BCUT2D eigenvalue weighted by atomic mass is 9.80. The van der Waals surface area contributed by atoms with Crippen molar-refractivity contribution in [3.05, 3.63) is 16.3 Å². The molecule has 7 nitrogen and oxygen atoms in total. The van der Waals surface area contributed by atoms with Crippen LogP contribution in [0, 0.1) is 11.8 Å². The summed E-state index contributed by atoms with van der Waals surface area (Å²) >= 11 is 0. The van der Waals surface area contributed by atoms with E-state index in [0.29, 0.717) is 38.3 Å². The van der Waals surface area contributed by atoms with Gasteiger partial charge in [-0.1, -0.05) is 6.92 Å². The summed E-state index contributed by atoms with van der Waals surface area (Å²) < 4.78 is 1.59. The standard InChI is InChI=1S/C18H26N4O3/c1-11-10-13(4-5-15(11)23)17(24)21-8-6-14(7-9-21)22-18(25)19-16(20-22)12-2-3-12/h11-14H,2-10H2,1H3,(H,19,20,25). The highest BCUT2D eigenvalue weighted by molar-refractivity contribution is 5.86. The van der Waals surface area contributed by atoms with Gasteiger partial charge in [0.15, 0.2) is 0 Å². The van der Waals surface area contributed by atoms with Gasteiger partial charge in [-0.05, 0) is 38.5 Å². The number of Topliss-reactive ketones (excluding diaryl/α,β-unsaturated/α-hetero) is 1. The Morgan fingerprint density at radius 2 is 1.84 bits per heavy atom. The summed E-state index contributed by atoms with van der Waals surface area (Å²) in [5, 5.41) is 4.48. The van der Waals surface area contributed by atoms with Crippen LogP contribution in [0.4, 0.5) is 0 Å². The number of likely N-dealkylation sites (tertiary alicyclic amines) is 1. The Bertz CT molecular complexity index is 725. The van der Waals surface area contributed by atoms with Crippen LogP contribution in [0.5, 0.6) is 0 Å². The van der Waals surface area contributed by atoms with Crippen LogP contribution < -0.4 is 5.69 Å². The van der Waals surface area contributed by atoms with Gasteiger partial charge < -0.3 is 4.90 Å². The van der Waals surface area contributed by atoms with Crippen molar-refractivity contribution in [3.63, 3.8) is 0 Å². The van der Waals surface area contributed by atoms with Gasteiger partial charge in [0.25, 0.3) is 0 Å². The molecule has 2 aliphatic carbocycles. The number of carbonyl (C=O) groups is 2. The number of hydrogen-bond acceptors (Lipinski definition) is 4. The van der Waals surface area contributed by atoms with Crippen LogP contribution in [-0.4, -0.2) is 44.4 Å². The average Bonchev–Trinajstić information content (AvgIpc) is 3.39. The van der Waals surface area contributed by atoms with E-state index in [2.05, 4.69) is 10.1 Å². The Morgan fingerprint density at radius 1 is 1.12 bits per heavy atom. The molecule has 2 atom stereocenters. The van der Waals surface area contributed by atoms with Crippen LogP contribution in [0.1, 0.15) is 69.7 Å². The van der Waals surface area contributed by atoms with E-state index in [1.165, 1.54) is 0 Å². The highest BCUT2D eigenvalue weighted by Crippen LogP contribution is 2.37. The van der Waals surface area contributed by atoms with E-state index in [1.807, 2.05) is 11.8 Å². The summed E-state index contributed by atoms with van der Waals surface area (Å²) in [6, 6.07) is 0.0761. The lowest BCUT2D eigenvalue weighted by Crippen LogP contribution is -2.44. The van der Waals surface area contributed by atoms with Crippen LogP contribution in [0.15, 0.2) is 4.79 Å². The van der Waals surface area contributed by atoms with Crippen LogP contribution >= 0.6 is 0 Å². The van der Waals surface area contributed by atoms with Crippen molar-refractivity contribution in [1.82, 2.24) is 19.7 Å². The largest absolute Gasteiger partial charge is 0.343 e. The van der Waals surface area contributed by atoms with Crippen molar-refractivity contribution >= 4 is 11.7 Å². The minimum Gasteiger partial charge on any atom is -0.342 e. The number of piperidine rings is 1. The number of ketones is 1. The summed E-state index contributed by atoms with van der Waals surface area (Å²) in [6.45, 7) is 3.26. The van der Waals surface area contributed by atoms with Crippen molar-refractivity contribution in [2.24, 2.45) is 11.8 Å². The fourth-order valence-corrected chi connectivity index (χ4v) is 4.19. The predicted octanol–water partition coefficient (Wildman–Crippen LogP) is 1.62. The van der Waals surface area contributed by atoms with Crippen molar-refractivity contribution in [2.45, 2.75) is 63.8 Å². The molecular formula is C18H26N4O3. The molecule has 1 aromatic heterocycles. The summed E-state index contributed by atoms with van der Waals surface area (Å²) in [4.78, 5) is 41.3. The molecule has 2 heterocycles. The first-order valence-electron chi connectivity index (χ1n) is 9.53. The van der Waals surface area contributed by atoms with E-state index < -0.39 is 0 Å². The maximum Gasteiger partial charge on any atom is 0.343 e. The molecule has 7 heteroatoms. The molecule has 2 saturated carbocycles. The minimum absolute atomic E-state index is 0.00344. The number of carbonyl (C=O) groups excluding carboxylic acids is 2. The van der Waals surface area contributed by atoms with Crippen LogP contribution in [0.2, 0.25) is 0 Å². The van der Waals surface area contributed by atoms with E-state index in [-0.39, 0.29) is 35.3 Å². The van der Waals surface area contributed by atoms with Gasteiger partial charge in [0.05, 0.1) is 6.04 Å². The maximum atomic E-state index is 12.7. The van der Waals surface area contributed by atoms with Gasteiger partial charge in [-0.25, -0.2) is 9.48 Å². The molecule has 3 fully saturated rings. The minimum atomic E-state index is -0.119. The third-order valence-electron chi connectivity index (χ3n) is 6.02. The summed E-state index contributed by atoms with van der Waals surface area (Å²) in [6.07, 6.45) is 5.65. The van der Waals surface area contributed by atoms with Crippen molar-refractivity contribution in [1.29, 1.82) is 0 Å². The van der Waals surface area contributed by atoms with E-state index in [4.69, 9.17) is 0 Å². The van der Waals surface area contributed by atoms with E-state index in [9.17, 15) is 14.4 Å². The zero-order chi connectivity index (χ0) is 17.6. The van der Waals surface area contributed by atoms with E-state index in [1.54, 1.807) is 4.68 Å². The number of nitrogens with one attached hydrogen (secondary N) is 1. The number of rotatable bonds is 3. The first-order chi connectivity index (χ1) is 12.0. The smallest absolute Gasteiger partial charge is 0.342 e. The van der Waals surface area contributed by atoms with Gasteiger partial charge in [-0.15, -0.1) is 0 Å². The highest BCUT2D eigenvalue weighted by Gasteiger charge is 2.35. The number of nitrogens with zero attached hydrogens (tertiary/aromatic N) is 3. The second kappa shape index (κ2) is 6.42. The Hall–Kier alpha value is -1.92. The van der Waals surface area contributed by atoms with Crippen LogP contribution in [0.25, 0.3) is 0 Å². The lowest BCUT2D eigenvalue weighted by molar-refractivity contribution is -0.140. The molecule has 1 N–H and O–H groups in total. The third-order valence-corrected chi connectivity index (χ3v) is 6.02. The molecule has 1 aromatic rings. The van der Waals surface area contributed by atoms with Crippen LogP contribution in [0.3, 0.4) is 0 Å². The SMILES string of the molecule is CC1CC(C(=O)N2CCC(n3nc(C4CC4)[nH]c3=O)CC2)CCC1=O. The average molecular weight is 346 g/mol. The highest BCUT2D eigenvalue weighted by atomic mass is 16.2. The number of hydrogen-bond donors (Lipinski definition) is 1. The third kappa shape index (κ3) is 3.28. The van der Waals surface area contributed by atoms with Crippen molar-refractivity contribution in [2.75, 3.05) is 13.1 Å². The second-order valence-corrected chi connectivity index (χ2v) is 7.93. The Kier molecular flexibility index (Phi) is 4.25. The molecule has 2 unspecified atom stereocenters. The zero-order valence-corrected chi connectivity index (χ0v) is 14.7. The number of aromatic nitrogens is 3. The molecule has 136 valence electrons. The van der Waals surface area contributed by atoms with Gasteiger partial charge in [0.1, 0.15) is 11.6 Å². The Labute approximate surface area is 146 Å². The molecule has 0 bridgehead atoms. The summed E-state index contributed by atoms with van der Waals surface area (Å²) in [5.74, 6) is 1.72. The van der Waals surface area contributed by atoms with E-state index in [0.717, 1.165) is 31.5 Å². The summed E-state index contributed by atoms with van der Waals surface area (Å²) in [5.41, 5.74) is -0.119. The molecule has 4 rings (SSSR count). The lowest BCUT2D eigenvalue weighted by Gasteiger charge is -2.35. The van der Waals surface area contributed by atoms with Gasteiger partial charge in [0.2, 0.25) is 5.91 Å². The molecule has 1 amide bonds. The van der Waals surface area contributed by atoms with Gasteiger partial charge in [0, 0.05) is 37.3 Å². The van der Waals surface area contributed by atoms with Crippen molar-refractivity contribution < 1.29 is 9.59 Å². The molecular weight excluding hydrogens is 320 g/mol. The second-order valence-electron chi connectivity index (χ2n) is 7.93. The summed E-state index contributed by atoms with van der Waals surface area (Å²) in [7, 11) is 0. The molecule has 0 aromatic carbocycles. The molecule has 1 saturated heterocycles. The van der Waals surface area contributed by atoms with Gasteiger partial charge >= 0.3 is 5.69 Å². The van der Waals surface area contributed by atoms with Crippen molar-refractivity contribution in [3.8, 4) is 0 Å². The quantitative estimate of drug-likeness (QED) is 0.901. The zero-order valence-electron chi connectivity index (χ0n) is 14.7. The number of aromatic amines is 1. The number of amides is 1. The molecule has 25 heavy (non-hydrogen) atoms. The number of H-pyrrole nitrogens is 1. The van der Waals surface area contributed by atoms with Gasteiger partial charge in [-0.3, -0.25) is 14.6 Å². The van der Waals surface area contributed by atoms with Crippen LogP contribution in [-0.2, 0) is 9.59 Å². The molecule has 0 radical (unpaired) electrons. The van der Waals surface area contributed by atoms with E-state index >= 15 is 0 Å². The molecule has 3 aliphatic rings. The topological polar surface area (TPSA) is 88.1 Å². The first kappa shape index (κ1) is 16.5. The predicted molar refractivity (Wildman–Crippen MR) is 91.2 cm³/mol. The monoisotopic (exact) mass is 346 g/mol. The molecule has 0 spiro atoms. The Balaban J connectivity index is 1.36. The fourth-order valence-electron chi connectivity index (χ4n) is 4.19. The van der Waals surface area contributed by atoms with Gasteiger partial charge in [-0.2, -0.15) is 5.10 Å². The normalized spacial score (nSPS) is 28.4. The Morgan fingerprint density at radius 3 is 2.48 bits per heavy atom. The molecule has 1 aliphatic heterocycles. The maximum absolute atomic E-state index is 12.7.